The predicted octanol–water partition coefficient (Wildman–Crippen LogP) is -9.77. The number of ketones is 1. The van der Waals surface area contributed by atoms with Crippen LogP contribution in [0.3, 0.4) is 0 Å². The highest BCUT2D eigenvalue weighted by molar-refractivity contribution is 6.02. The number of carboxylic acids is 1. The van der Waals surface area contributed by atoms with Crippen LogP contribution in [-0.4, -0.2) is 268 Å². The summed E-state index contributed by atoms with van der Waals surface area (Å²) in [5.74, 6) is -6.00. The number of carboxylic acid groups (broad SMARTS) is 1. The van der Waals surface area contributed by atoms with Crippen LogP contribution >= 0.6 is 0 Å². The number of Topliss-reactive ketones (excluding diaryl/α,β-unsaturated/α-hetero) is 1. The normalized spacial score (nSPS) is 44.8. The molecule has 0 bridgehead atoms. The Morgan fingerprint density at radius 3 is 1.78 bits per heavy atom. The van der Waals surface area contributed by atoms with E-state index in [4.69, 9.17) is 53.1 Å². The van der Waals surface area contributed by atoms with Gasteiger partial charge in [-0.1, -0.05) is 0 Å². The standard InChI is InChI=1S/C41H62N4O29/c1-9-27(69-39-26(58)23(55)24(56)29(71-39)33(59)45-16-12(49)5-6-13(16)50)20(52)17(43-10(2)47)36(66-9)70-28-15(8-65-38-25(57)22(54)19(51)14(7-46)67-38)68-37(18(21(28)53)44-11(3)48)72-30-31(74-40(42)63)41(4,64)32(34(60)61)73-35(30)62/h9,14-15,17-32,35-39,46,49,51-58,62,64H,5-8H2,1-4H3,(H2,42,63)(H,43,47)(H,44,48)(H,45,59)(H,60,61)/t9-,14-,15-,17-,18-,19-,20-,21-,22+,23+,24-,25-,26-,27-,28-,29+,30-,31-,32-,35?,36+,37+,38-,39-,41+/m1/s1. The van der Waals surface area contributed by atoms with E-state index in [2.05, 4.69) is 16.0 Å². The maximum absolute atomic E-state index is 13.2. The van der Waals surface area contributed by atoms with Gasteiger partial charge in [0, 0.05) is 26.7 Å². The van der Waals surface area contributed by atoms with Crippen LogP contribution < -0.4 is 21.7 Å². The summed E-state index contributed by atoms with van der Waals surface area (Å²) in [6.45, 7) is 2.18. The van der Waals surface area contributed by atoms with E-state index >= 15 is 0 Å². The summed E-state index contributed by atoms with van der Waals surface area (Å²) < 4.78 is 56.9. The average molecular weight is 1070 g/mol. The molecule has 0 spiro atoms. The fraction of sp³-hybridized carbons (Fsp3) is 0.805. The number of allylic oxidation sites excluding steroid dienone is 2. The van der Waals surface area contributed by atoms with Gasteiger partial charge in [0.25, 0.3) is 5.91 Å². The number of primary amides is 1. The molecule has 1 unspecified atom stereocenters. The lowest BCUT2D eigenvalue weighted by molar-refractivity contribution is -0.377. The second-order valence-electron chi connectivity index (χ2n) is 18.5. The van der Waals surface area contributed by atoms with Gasteiger partial charge in [-0.15, -0.1) is 0 Å². The number of carbonyl (C=O) groups is 6. The van der Waals surface area contributed by atoms with Crippen LogP contribution in [0.4, 0.5) is 4.79 Å². The van der Waals surface area contributed by atoms with Crippen LogP contribution in [0, 0.1) is 0 Å². The fourth-order valence-electron chi connectivity index (χ4n) is 9.20. The van der Waals surface area contributed by atoms with E-state index in [9.17, 15) is 95.2 Å². The molecule has 0 saturated carbocycles. The second-order valence-corrected chi connectivity index (χ2v) is 18.5. The Labute approximate surface area is 417 Å². The molecule has 420 valence electrons. The van der Waals surface area contributed by atoms with Crippen molar-refractivity contribution in [1.82, 2.24) is 16.0 Å². The minimum absolute atomic E-state index is 0.0958. The van der Waals surface area contributed by atoms with Gasteiger partial charge in [-0.2, -0.15) is 0 Å². The van der Waals surface area contributed by atoms with E-state index in [1.165, 1.54) is 6.92 Å². The van der Waals surface area contributed by atoms with E-state index in [1.807, 2.05) is 0 Å². The Morgan fingerprint density at radius 2 is 1.23 bits per heavy atom. The Hall–Kier alpha value is -4.44. The van der Waals surface area contributed by atoms with Gasteiger partial charge in [0.1, 0.15) is 102 Å². The average Bonchev–Trinajstić information content (AvgIpc) is 3.63. The van der Waals surface area contributed by atoms with Crippen molar-refractivity contribution in [1.29, 1.82) is 0 Å². The third kappa shape index (κ3) is 12.4. The van der Waals surface area contributed by atoms with Crippen molar-refractivity contribution in [2.75, 3.05) is 13.2 Å². The van der Waals surface area contributed by atoms with Crippen molar-refractivity contribution < 1.29 is 143 Å². The maximum Gasteiger partial charge on any atom is 0.404 e. The molecule has 4 amide bonds. The topological polar surface area (TPSA) is 520 Å². The Bertz CT molecular complexity index is 2080. The number of nitrogens with one attached hydrogen (secondary N) is 3. The second kappa shape index (κ2) is 23.8. The molecule has 5 aliphatic heterocycles. The van der Waals surface area contributed by atoms with Crippen molar-refractivity contribution in [3.8, 4) is 0 Å². The first-order valence-electron chi connectivity index (χ1n) is 22.9. The molecule has 0 aromatic heterocycles. The minimum atomic E-state index is -2.74. The molecule has 1 aliphatic carbocycles. The van der Waals surface area contributed by atoms with Gasteiger partial charge in [0.2, 0.25) is 11.8 Å². The summed E-state index contributed by atoms with van der Waals surface area (Å²) in [6, 6.07) is -3.68. The molecular weight excluding hydrogens is 1010 g/mol. The van der Waals surface area contributed by atoms with Crippen LogP contribution in [0.25, 0.3) is 0 Å². The van der Waals surface area contributed by atoms with Crippen LogP contribution in [0.1, 0.15) is 40.5 Å². The molecule has 0 aromatic carbocycles. The number of aliphatic hydroxyl groups is 12. The molecule has 5 saturated heterocycles. The summed E-state index contributed by atoms with van der Waals surface area (Å²) in [7, 11) is 0. The summed E-state index contributed by atoms with van der Waals surface area (Å²) in [6.07, 6.45) is -46.1. The number of hydrogen-bond donors (Lipinski definition) is 17. The van der Waals surface area contributed by atoms with E-state index in [-0.39, 0.29) is 12.8 Å². The summed E-state index contributed by atoms with van der Waals surface area (Å²) in [4.78, 5) is 75.0. The summed E-state index contributed by atoms with van der Waals surface area (Å²) in [5, 5.41) is 147. The number of carbonyl (C=O) groups excluding carboxylic acids is 5. The highest BCUT2D eigenvalue weighted by Gasteiger charge is 2.61. The molecular formula is C41H62N4O29. The van der Waals surface area contributed by atoms with Gasteiger partial charge in [0.15, 0.2) is 61.6 Å². The van der Waals surface area contributed by atoms with E-state index in [1.54, 1.807) is 0 Å². The first kappa shape index (κ1) is 58.8. The third-order valence-electron chi connectivity index (χ3n) is 13.0. The molecule has 74 heavy (non-hydrogen) atoms. The van der Waals surface area contributed by atoms with Gasteiger partial charge in [-0.05, 0) is 13.8 Å². The monoisotopic (exact) mass is 1070 g/mol. The smallest absolute Gasteiger partial charge is 0.404 e. The zero-order chi connectivity index (χ0) is 55.0. The van der Waals surface area contributed by atoms with E-state index in [0.29, 0.717) is 0 Å². The lowest BCUT2D eigenvalue weighted by Gasteiger charge is -2.51. The molecule has 18 N–H and O–H groups in total. The zero-order valence-corrected chi connectivity index (χ0v) is 39.6. The van der Waals surface area contributed by atoms with Crippen LogP contribution in [0.5, 0.6) is 0 Å². The van der Waals surface area contributed by atoms with Crippen molar-refractivity contribution in [3.05, 3.63) is 11.5 Å². The molecule has 0 radical (unpaired) electrons. The predicted molar refractivity (Wildman–Crippen MR) is 227 cm³/mol. The zero-order valence-electron chi connectivity index (χ0n) is 39.6. The van der Waals surface area contributed by atoms with Crippen LogP contribution in [0.2, 0.25) is 0 Å². The number of aliphatic carboxylic acids is 1. The number of ether oxygens (including phenoxy) is 10. The number of amides is 4. The van der Waals surface area contributed by atoms with Crippen molar-refractivity contribution >= 4 is 35.6 Å². The maximum atomic E-state index is 13.2. The third-order valence-corrected chi connectivity index (χ3v) is 13.0. The SMILES string of the molecule is CC(=O)N[C@H]1[C@H](O[C@H]2[C@H](O)[C@@H](NC(C)=O)[C@H](O[C@H]3C(O)O[C@H](C(=O)O)[C@@](C)(O)[C@@H]3OC(N)=O)O[C@@H]2CO[C@@H]2O[C@H](CO)[C@@H](O)[C@H](O)[C@H]2O)O[C@H](C)[C@@H](O[C@@H]2O[C@H](C(=O)NC3=C(O)CCC3=O)[C@H](O)[C@H](O)[C@H]2O)[C@@H]1O. The van der Waals surface area contributed by atoms with Crippen molar-refractivity contribution in [2.24, 2.45) is 5.73 Å². The van der Waals surface area contributed by atoms with E-state index in [0.717, 1.165) is 20.8 Å². The largest absolute Gasteiger partial charge is 0.510 e. The first-order chi connectivity index (χ1) is 34.6. The summed E-state index contributed by atoms with van der Waals surface area (Å²) >= 11 is 0. The number of rotatable bonds is 16. The van der Waals surface area contributed by atoms with Crippen LogP contribution in [-0.2, 0) is 71.3 Å². The molecule has 25 atom stereocenters. The highest BCUT2D eigenvalue weighted by Crippen LogP contribution is 2.38. The molecule has 5 heterocycles. The van der Waals surface area contributed by atoms with Crippen molar-refractivity contribution in [2.45, 2.75) is 193 Å². The number of aliphatic hydroxyl groups excluding tert-OH is 11. The lowest BCUT2D eigenvalue weighted by Crippen LogP contribution is -2.72. The highest BCUT2D eigenvalue weighted by atomic mass is 16.8. The van der Waals surface area contributed by atoms with Gasteiger partial charge < -0.3 is 135 Å². The molecule has 6 aliphatic rings. The molecule has 6 rings (SSSR count). The molecule has 33 nitrogen and oxygen atoms in total. The fourth-order valence-corrected chi connectivity index (χ4v) is 9.20. The lowest BCUT2D eigenvalue weighted by atomic mass is 9.85. The molecule has 0 aromatic rings. The minimum Gasteiger partial charge on any atom is -0.510 e. The molecule has 33 heteroatoms. The Kier molecular flexibility index (Phi) is 19.0. The van der Waals surface area contributed by atoms with E-state index < -0.39 is 213 Å². The van der Waals surface area contributed by atoms with Crippen molar-refractivity contribution in [3.63, 3.8) is 0 Å². The molecule has 5 fully saturated rings. The number of hydrogen-bond acceptors (Lipinski definition) is 28. The van der Waals surface area contributed by atoms with Gasteiger partial charge >= 0.3 is 12.1 Å². The van der Waals surface area contributed by atoms with Gasteiger partial charge in [-0.25, -0.2) is 9.59 Å². The first-order valence-corrected chi connectivity index (χ1v) is 22.9. The summed E-state index contributed by atoms with van der Waals surface area (Å²) in [5.41, 5.74) is 1.98. The Morgan fingerprint density at radius 1 is 0.689 bits per heavy atom. The Balaban J connectivity index is 1.30. The van der Waals surface area contributed by atoms with Gasteiger partial charge in [-0.3, -0.25) is 19.2 Å². The van der Waals surface area contributed by atoms with Gasteiger partial charge in [0.05, 0.1) is 19.3 Å². The number of nitrogens with two attached hydrogens (primary N) is 1. The quantitative estimate of drug-likeness (QED) is 0.0682. The van der Waals surface area contributed by atoms with Crippen LogP contribution in [0.15, 0.2) is 11.5 Å².